The van der Waals surface area contributed by atoms with Crippen molar-refractivity contribution in [3.05, 3.63) is 47.0 Å². The quantitative estimate of drug-likeness (QED) is 0.859. The van der Waals surface area contributed by atoms with Crippen LogP contribution in [0.3, 0.4) is 0 Å². The number of rotatable bonds is 5. The Morgan fingerprint density at radius 2 is 2.05 bits per heavy atom. The number of anilines is 1. The van der Waals surface area contributed by atoms with Crippen LogP contribution in [0, 0.1) is 0 Å². The van der Waals surface area contributed by atoms with Crippen LogP contribution >= 0.6 is 11.3 Å². The van der Waals surface area contributed by atoms with Gasteiger partial charge >= 0.3 is 12.1 Å². The van der Waals surface area contributed by atoms with Crippen molar-refractivity contribution in [3.63, 3.8) is 0 Å². The molecule has 2 rings (SSSR count). The van der Waals surface area contributed by atoms with Gasteiger partial charge in [-0.15, -0.1) is 11.3 Å². The smallest absolute Gasteiger partial charge is 0.413 e. The zero-order valence-electron chi connectivity index (χ0n) is 11.4. The standard InChI is InChI=1S/C14H14N2O4S/c1-19-14(18)16-13-15-11(9-21-13)7-12(17)20-8-10-5-3-2-4-6-10/h2-6,9H,7-8H2,1H3,(H,15,16,18). The summed E-state index contributed by atoms with van der Waals surface area (Å²) >= 11 is 1.22. The number of benzene rings is 1. The number of nitrogens with one attached hydrogen (secondary N) is 1. The maximum atomic E-state index is 11.7. The summed E-state index contributed by atoms with van der Waals surface area (Å²) in [5.74, 6) is -0.367. The van der Waals surface area contributed by atoms with E-state index in [4.69, 9.17) is 4.74 Å². The van der Waals surface area contributed by atoms with Crippen LogP contribution in [0.4, 0.5) is 9.93 Å². The van der Waals surface area contributed by atoms with Crippen molar-refractivity contribution in [2.45, 2.75) is 13.0 Å². The molecule has 0 fully saturated rings. The Morgan fingerprint density at radius 3 is 2.76 bits per heavy atom. The van der Waals surface area contributed by atoms with Gasteiger partial charge in [0.25, 0.3) is 0 Å². The lowest BCUT2D eigenvalue weighted by atomic mass is 10.2. The lowest BCUT2D eigenvalue weighted by Crippen LogP contribution is -2.11. The maximum absolute atomic E-state index is 11.7. The van der Waals surface area contributed by atoms with E-state index in [1.807, 2.05) is 30.3 Å². The Kier molecular flexibility index (Phi) is 5.28. The predicted molar refractivity (Wildman–Crippen MR) is 78.1 cm³/mol. The van der Waals surface area contributed by atoms with Crippen molar-refractivity contribution in [3.8, 4) is 0 Å². The van der Waals surface area contributed by atoms with E-state index in [1.54, 1.807) is 5.38 Å². The number of hydrogen-bond acceptors (Lipinski definition) is 6. The number of amides is 1. The van der Waals surface area contributed by atoms with E-state index < -0.39 is 6.09 Å². The van der Waals surface area contributed by atoms with Gasteiger partial charge in [0.05, 0.1) is 19.2 Å². The third-order valence-electron chi connectivity index (χ3n) is 2.51. The van der Waals surface area contributed by atoms with Gasteiger partial charge in [-0.05, 0) is 5.56 Å². The van der Waals surface area contributed by atoms with E-state index in [0.29, 0.717) is 10.8 Å². The average Bonchev–Trinajstić information content (AvgIpc) is 2.93. The van der Waals surface area contributed by atoms with Crippen LogP contribution in [0.25, 0.3) is 0 Å². The first kappa shape index (κ1) is 15.0. The number of thiazole rings is 1. The monoisotopic (exact) mass is 306 g/mol. The topological polar surface area (TPSA) is 77.5 Å². The highest BCUT2D eigenvalue weighted by Gasteiger charge is 2.10. The van der Waals surface area contributed by atoms with Crippen LogP contribution in [-0.4, -0.2) is 24.2 Å². The fraction of sp³-hybridized carbons (Fsp3) is 0.214. The number of carbonyl (C=O) groups excluding carboxylic acids is 2. The van der Waals surface area contributed by atoms with Crippen LogP contribution in [0.1, 0.15) is 11.3 Å². The van der Waals surface area contributed by atoms with Crippen LogP contribution in [0.2, 0.25) is 0 Å². The van der Waals surface area contributed by atoms with E-state index >= 15 is 0 Å². The molecule has 1 aromatic carbocycles. The fourth-order valence-electron chi connectivity index (χ4n) is 1.52. The summed E-state index contributed by atoms with van der Waals surface area (Å²) in [5, 5.41) is 4.51. The van der Waals surface area contributed by atoms with Crippen LogP contribution < -0.4 is 5.32 Å². The van der Waals surface area contributed by atoms with E-state index in [0.717, 1.165) is 5.56 Å². The minimum atomic E-state index is -0.595. The second-order valence-electron chi connectivity index (χ2n) is 4.08. The summed E-state index contributed by atoms with van der Waals surface area (Å²) in [6, 6.07) is 9.43. The molecule has 1 N–H and O–H groups in total. The van der Waals surface area contributed by atoms with Crippen molar-refractivity contribution in [1.82, 2.24) is 4.98 Å². The average molecular weight is 306 g/mol. The summed E-state index contributed by atoms with van der Waals surface area (Å²) in [6.07, 6.45) is -0.533. The molecule has 0 aliphatic rings. The lowest BCUT2D eigenvalue weighted by Gasteiger charge is -2.03. The van der Waals surface area contributed by atoms with Gasteiger partial charge in [-0.2, -0.15) is 0 Å². The second kappa shape index (κ2) is 7.39. The minimum absolute atomic E-state index is 0.0617. The molecule has 1 heterocycles. The largest absolute Gasteiger partial charge is 0.461 e. The molecule has 0 aliphatic heterocycles. The molecule has 0 aliphatic carbocycles. The van der Waals surface area contributed by atoms with Gasteiger partial charge in [0.2, 0.25) is 0 Å². The first-order valence-corrected chi connectivity index (χ1v) is 7.04. The Balaban J connectivity index is 1.81. The SMILES string of the molecule is COC(=O)Nc1nc(CC(=O)OCc2ccccc2)cs1. The van der Waals surface area contributed by atoms with Gasteiger partial charge in [0.1, 0.15) is 6.61 Å². The van der Waals surface area contributed by atoms with Gasteiger partial charge in [-0.25, -0.2) is 9.78 Å². The normalized spacial score (nSPS) is 9.95. The van der Waals surface area contributed by atoms with E-state index in [1.165, 1.54) is 18.4 Å². The molecule has 0 unspecified atom stereocenters. The lowest BCUT2D eigenvalue weighted by molar-refractivity contribution is -0.144. The number of esters is 1. The number of methoxy groups -OCH3 is 1. The first-order valence-electron chi connectivity index (χ1n) is 6.16. The molecule has 0 saturated heterocycles. The van der Waals surface area contributed by atoms with Crippen molar-refractivity contribution in [1.29, 1.82) is 0 Å². The van der Waals surface area contributed by atoms with Gasteiger partial charge in [-0.3, -0.25) is 10.1 Å². The molecule has 7 heteroatoms. The number of ether oxygens (including phenoxy) is 2. The number of carbonyl (C=O) groups is 2. The zero-order chi connectivity index (χ0) is 15.1. The predicted octanol–water partition coefficient (Wildman–Crippen LogP) is 2.61. The summed E-state index contributed by atoms with van der Waals surface area (Å²) < 4.78 is 9.61. The minimum Gasteiger partial charge on any atom is -0.461 e. The molecule has 0 atom stereocenters. The highest BCUT2D eigenvalue weighted by atomic mass is 32.1. The van der Waals surface area contributed by atoms with Crippen molar-refractivity contribution >= 4 is 28.5 Å². The Bertz CT molecular complexity index is 612. The summed E-state index contributed by atoms with van der Waals surface area (Å²) in [4.78, 5) is 26.8. The van der Waals surface area contributed by atoms with Gasteiger partial charge in [0, 0.05) is 5.38 Å². The zero-order valence-corrected chi connectivity index (χ0v) is 12.2. The summed E-state index contributed by atoms with van der Waals surface area (Å²) in [7, 11) is 1.27. The number of aromatic nitrogens is 1. The molecule has 0 saturated carbocycles. The van der Waals surface area contributed by atoms with Crippen LogP contribution in [0.15, 0.2) is 35.7 Å². The first-order chi connectivity index (χ1) is 10.2. The molecule has 6 nitrogen and oxygen atoms in total. The van der Waals surface area contributed by atoms with E-state index in [-0.39, 0.29) is 19.0 Å². The number of nitrogens with zero attached hydrogens (tertiary/aromatic N) is 1. The molecule has 21 heavy (non-hydrogen) atoms. The molecule has 1 amide bonds. The van der Waals surface area contributed by atoms with Crippen molar-refractivity contribution in [2.75, 3.05) is 12.4 Å². The molecule has 0 bridgehead atoms. The number of hydrogen-bond donors (Lipinski definition) is 1. The van der Waals surface area contributed by atoms with E-state index in [9.17, 15) is 9.59 Å². The highest BCUT2D eigenvalue weighted by molar-refractivity contribution is 7.13. The van der Waals surface area contributed by atoms with Crippen molar-refractivity contribution < 1.29 is 19.1 Å². The Hall–Kier alpha value is -2.41. The molecule has 1 aromatic heterocycles. The van der Waals surface area contributed by atoms with Gasteiger partial charge in [0.15, 0.2) is 5.13 Å². The second-order valence-corrected chi connectivity index (χ2v) is 4.94. The summed E-state index contributed by atoms with van der Waals surface area (Å²) in [5.41, 5.74) is 1.47. The van der Waals surface area contributed by atoms with Gasteiger partial charge < -0.3 is 9.47 Å². The van der Waals surface area contributed by atoms with Crippen molar-refractivity contribution in [2.24, 2.45) is 0 Å². The molecule has 2 aromatic rings. The molecule has 0 spiro atoms. The van der Waals surface area contributed by atoms with Crippen LogP contribution in [0.5, 0.6) is 0 Å². The molecular weight excluding hydrogens is 292 g/mol. The molecular formula is C14H14N2O4S. The van der Waals surface area contributed by atoms with Crippen LogP contribution in [-0.2, 0) is 27.3 Å². The summed E-state index contributed by atoms with van der Waals surface area (Å²) in [6.45, 7) is 0.233. The fourth-order valence-corrected chi connectivity index (χ4v) is 2.22. The highest BCUT2D eigenvalue weighted by Crippen LogP contribution is 2.16. The maximum Gasteiger partial charge on any atom is 0.413 e. The molecule has 110 valence electrons. The van der Waals surface area contributed by atoms with Gasteiger partial charge in [-0.1, -0.05) is 30.3 Å². The third-order valence-corrected chi connectivity index (χ3v) is 3.32. The van der Waals surface area contributed by atoms with E-state index in [2.05, 4.69) is 15.0 Å². The molecule has 0 radical (unpaired) electrons. The Morgan fingerprint density at radius 1 is 1.29 bits per heavy atom. The third kappa shape index (κ3) is 4.88. The Labute approximate surface area is 125 Å².